The molecule has 0 spiro atoms. The van der Waals surface area contributed by atoms with Crippen LogP contribution in [0.4, 0.5) is 16.2 Å². The smallest absolute Gasteiger partial charge is 0.335 e. The van der Waals surface area contributed by atoms with E-state index in [1.165, 1.54) is 6.08 Å². The molecule has 2 heterocycles. The fraction of sp³-hybridized carbons (Fsp3) is 0.370. The van der Waals surface area contributed by atoms with E-state index in [9.17, 15) is 14.4 Å². The van der Waals surface area contributed by atoms with Gasteiger partial charge in [-0.15, -0.1) is 0 Å². The van der Waals surface area contributed by atoms with Crippen LogP contribution in [0.5, 0.6) is 5.75 Å². The number of methoxy groups -OCH3 is 1. The van der Waals surface area contributed by atoms with Gasteiger partial charge in [0.1, 0.15) is 11.3 Å². The molecule has 1 atom stereocenters. The summed E-state index contributed by atoms with van der Waals surface area (Å²) < 4.78 is 5.64. The molecule has 1 saturated heterocycles. The summed E-state index contributed by atoms with van der Waals surface area (Å²) in [5.41, 5.74) is 4.18. The number of ether oxygens (including phenoxy) is 1. The number of fused-ring (bicyclic) bond motifs is 1. The molecule has 4 amide bonds. The highest BCUT2D eigenvalue weighted by Crippen LogP contribution is 2.45. The van der Waals surface area contributed by atoms with Gasteiger partial charge in [0.2, 0.25) is 0 Å². The number of anilines is 2. The van der Waals surface area contributed by atoms with E-state index in [0.717, 1.165) is 34.6 Å². The molecule has 2 aliphatic rings. The van der Waals surface area contributed by atoms with Crippen LogP contribution in [0.1, 0.15) is 56.7 Å². The van der Waals surface area contributed by atoms with Crippen molar-refractivity contribution in [1.82, 2.24) is 5.32 Å². The van der Waals surface area contributed by atoms with Crippen LogP contribution in [0.3, 0.4) is 0 Å². The van der Waals surface area contributed by atoms with Gasteiger partial charge in [0.05, 0.1) is 12.8 Å². The lowest BCUT2D eigenvalue weighted by Gasteiger charge is -2.45. The average molecular weight is 462 g/mol. The maximum Gasteiger partial charge on any atom is 0.335 e. The molecule has 34 heavy (non-hydrogen) atoms. The minimum atomic E-state index is -0.758. The van der Waals surface area contributed by atoms with Gasteiger partial charge in [-0.2, -0.15) is 0 Å². The molecule has 1 N–H and O–H groups in total. The van der Waals surface area contributed by atoms with Crippen molar-refractivity contribution in [2.75, 3.05) is 24.0 Å². The lowest BCUT2D eigenvalue weighted by molar-refractivity contribution is -0.122. The lowest BCUT2D eigenvalue weighted by atomic mass is 9.79. The number of imide groups is 2. The summed E-state index contributed by atoms with van der Waals surface area (Å²) in [6.07, 6.45) is 3.32. The summed E-state index contributed by atoms with van der Waals surface area (Å²) in [7, 11) is 3.63. The predicted octanol–water partition coefficient (Wildman–Crippen LogP) is 4.65. The van der Waals surface area contributed by atoms with Gasteiger partial charge in [0.25, 0.3) is 11.8 Å². The molecule has 0 aliphatic carbocycles. The third kappa shape index (κ3) is 3.95. The largest absolute Gasteiger partial charge is 0.496 e. The molecule has 7 nitrogen and oxygen atoms in total. The van der Waals surface area contributed by atoms with Crippen molar-refractivity contribution in [3.63, 3.8) is 0 Å². The van der Waals surface area contributed by atoms with Crippen molar-refractivity contribution in [2.45, 2.75) is 52.0 Å². The summed E-state index contributed by atoms with van der Waals surface area (Å²) >= 11 is 0. The number of hydrogen-bond donors (Lipinski definition) is 1. The Hall–Kier alpha value is -3.61. The number of carbonyl (C=O) groups is 3. The first kappa shape index (κ1) is 23.5. The molecule has 1 fully saturated rings. The normalized spacial score (nSPS) is 20.9. The highest BCUT2D eigenvalue weighted by molar-refractivity contribution is 6.39. The van der Waals surface area contributed by atoms with Crippen LogP contribution in [0.2, 0.25) is 0 Å². The minimum Gasteiger partial charge on any atom is -0.496 e. The van der Waals surface area contributed by atoms with Gasteiger partial charge in [-0.05, 0) is 68.0 Å². The van der Waals surface area contributed by atoms with Gasteiger partial charge in [-0.25, -0.2) is 9.69 Å². The Kier molecular flexibility index (Phi) is 5.98. The van der Waals surface area contributed by atoms with E-state index < -0.39 is 17.8 Å². The van der Waals surface area contributed by atoms with E-state index in [1.54, 1.807) is 19.2 Å². The fourth-order valence-corrected chi connectivity index (χ4v) is 4.83. The number of urea groups is 1. The maximum atomic E-state index is 13.3. The van der Waals surface area contributed by atoms with Crippen LogP contribution in [0, 0.1) is 0 Å². The first-order chi connectivity index (χ1) is 16.1. The monoisotopic (exact) mass is 461 g/mol. The Morgan fingerprint density at radius 3 is 2.44 bits per heavy atom. The Labute approximate surface area is 200 Å². The SMILES string of the molecule is CCc1ccc(N2C(=O)NC(=O)/C(=C/c3cc4c(cc3OC)N(C)C(C)(C)CC4C)C2=O)cc1. The number of barbiturate groups is 1. The number of carbonyl (C=O) groups excluding carboxylic acids is 3. The second-order valence-corrected chi connectivity index (χ2v) is 9.61. The molecule has 0 radical (unpaired) electrons. The minimum absolute atomic E-state index is 0.00911. The quantitative estimate of drug-likeness (QED) is 0.530. The first-order valence-electron chi connectivity index (χ1n) is 11.5. The molecular formula is C27H31N3O4. The predicted molar refractivity (Wildman–Crippen MR) is 133 cm³/mol. The second-order valence-electron chi connectivity index (χ2n) is 9.61. The van der Waals surface area contributed by atoms with Crippen molar-refractivity contribution in [3.8, 4) is 5.75 Å². The summed E-state index contributed by atoms with van der Waals surface area (Å²) in [4.78, 5) is 41.8. The average Bonchev–Trinajstić information content (AvgIpc) is 2.80. The van der Waals surface area contributed by atoms with Gasteiger partial charge in [-0.1, -0.05) is 26.0 Å². The molecule has 1 unspecified atom stereocenters. The van der Waals surface area contributed by atoms with Gasteiger partial charge < -0.3 is 9.64 Å². The van der Waals surface area contributed by atoms with Crippen LogP contribution in [-0.2, 0) is 16.0 Å². The highest BCUT2D eigenvalue weighted by Gasteiger charge is 2.38. The van der Waals surface area contributed by atoms with Crippen LogP contribution in [0.15, 0.2) is 42.0 Å². The van der Waals surface area contributed by atoms with Gasteiger partial charge in [0, 0.05) is 29.9 Å². The van der Waals surface area contributed by atoms with E-state index in [1.807, 2.05) is 31.2 Å². The summed E-state index contributed by atoms with van der Waals surface area (Å²) in [5.74, 6) is -0.541. The Morgan fingerprint density at radius 2 is 1.82 bits per heavy atom. The van der Waals surface area contributed by atoms with Crippen molar-refractivity contribution >= 4 is 35.3 Å². The number of hydrogen-bond acceptors (Lipinski definition) is 5. The van der Waals surface area contributed by atoms with Crippen LogP contribution in [-0.4, -0.2) is 37.5 Å². The van der Waals surface area contributed by atoms with Crippen molar-refractivity contribution in [2.24, 2.45) is 0 Å². The fourth-order valence-electron chi connectivity index (χ4n) is 4.83. The summed E-state index contributed by atoms with van der Waals surface area (Å²) in [6.45, 7) is 8.62. The van der Waals surface area contributed by atoms with E-state index >= 15 is 0 Å². The molecule has 2 aromatic rings. The molecule has 4 rings (SSSR count). The molecule has 2 aliphatic heterocycles. The zero-order valence-electron chi connectivity index (χ0n) is 20.6. The van der Waals surface area contributed by atoms with E-state index in [0.29, 0.717) is 17.0 Å². The highest BCUT2D eigenvalue weighted by atomic mass is 16.5. The number of benzene rings is 2. The van der Waals surface area contributed by atoms with Crippen LogP contribution < -0.4 is 19.9 Å². The number of aryl methyl sites for hydroxylation is 1. The Bertz CT molecular complexity index is 1200. The third-order valence-corrected chi connectivity index (χ3v) is 6.99. The van der Waals surface area contributed by atoms with Gasteiger partial charge in [0.15, 0.2) is 0 Å². The number of amides is 4. The van der Waals surface area contributed by atoms with Gasteiger partial charge in [-0.3, -0.25) is 14.9 Å². The molecule has 7 heteroatoms. The Morgan fingerprint density at radius 1 is 1.15 bits per heavy atom. The third-order valence-electron chi connectivity index (χ3n) is 6.99. The second kappa shape index (κ2) is 8.63. The van der Waals surface area contributed by atoms with Crippen molar-refractivity contribution in [1.29, 1.82) is 0 Å². The number of rotatable bonds is 4. The van der Waals surface area contributed by atoms with Gasteiger partial charge >= 0.3 is 6.03 Å². The Balaban J connectivity index is 1.78. The topological polar surface area (TPSA) is 79.0 Å². The van der Waals surface area contributed by atoms with E-state index in [4.69, 9.17) is 4.74 Å². The summed E-state index contributed by atoms with van der Waals surface area (Å²) in [6, 6.07) is 10.3. The standard InChI is InChI=1S/C27H31N3O4/c1-7-17-8-10-19(11-9-17)30-25(32)21(24(31)28-26(30)33)13-18-12-20-16(2)15-27(3,4)29(5)22(20)14-23(18)34-6/h8-14,16H,7,15H2,1-6H3,(H,28,31,33)/b21-13-. The molecular weight excluding hydrogens is 430 g/mol. The van der Waals surface area contributed by atoms with E-state index in [-0.39, 0.29) is 17.0 Å². The number of nitrogens with one attached hydrogen (secondary N) is 1. The molecule has 0 aromatic heterocycles. The molecule has 0 saturated carbocycles. The molecule has 0 bridgehead atoms. The lowest BCUT2D eigenvalue weighted by Crippen LogP contribution is -2.54. The first-order valence-corrected chi connectivity index (χ1v) is 11.5. The van der Waals surface area contributed by atoms with Crippen molar-refractivity contribution in [3.05, 3.63) is 58.7 Å². The zero-order chi connectivity index (χ0) is 24.8. The van der Waals surface area contributed by atoms with E-state index in [2.05, 4.69) is 38.0 Å². The maximum absolute atomic E-state index is 13.3. The molecule has 2 aromatic carbocycles. The summed E-state index contributed by atoms with van der Waals surface area (Å²) in [5, 5.41) is 2.29. The van der Waals surface area contributed by atoms with Crippen molar-refractivity contribution < 1.29 is 19.1 Å². The van der Waals surface area contributed by atoms with Crippen LogP contribution >= 0.6 is 0 Å². The zero-order valence-corrected chi connectivity index (χ0v) is 20.6. The molecule has 178 valence electrons. The van der Waals surface area contributed by atoms with Crippen LogP contribution in [0.25, 0.3) is 6.08 Å². The number of nitrogens with zero attached hydrogens (tertiary/aromatic N) is 2.